The summed E-state index contributed by atoms with van der Waals surface area (Å²) in [5.74, 6) is 0.0459. The monoisotopic (exact) mass is 282 g/mol. The largest absolute Gasteiger partial charge is 0.348 e. The highest BCUT2D eigenvalue weighted by molar-refractivity contribution is 5.94. The van der Waals surface area contributed by atoms with Crippen molar-refractivity contribution in [2.75, 3.05) is 0 Å². The van der Waals surface area contributed by atoms with Crippen molar-refractivity contribution in [3.05, 3.63) is 47.8 Å². The van der Waals surface area contributed by atoms with E-state index in [1.165, 1.54) is 5.56 Å². The van der Waals surface area contributed by atoms with Gasteiger partial charge in [0.2, 0.25) is 0 Å². The topological polar surface area (TPSA) is 34.0 Å². The Bertz CT molecular complexity index is 648. The molecule has 0 bridgehead atoms. The predicted molar refractivity (Wildman–Crippen MR) is 85.5 cm³/mol. The molecule has 1 aromatic carbocycles. The molecule has 21 heavy (non-hydrogen) atoms. The number of carbonyl (C=O) groups is 1. The molecule has 2 aromatic rings. The fourth-order valence-electron chi connectivity index (χ4n) is 2.48. The van der Waals surface area contributed by atoms with Crippen LogP contribution >= 0.6 is 0 Å². The lowest BCUT2D eigenvalue weighted by Gasteiger charge is -2.12. The van der Waals surface area contributed by atoms with E-state index in [1.807, 2.05) is 6.07 Å². The molecule has 3 heteroatoms. The summed E-state index contributed by atoms with van der Waals surface area (Å²) < 4.78 is 2.06. The highest BCUT2D eigenvalue weighted by atomic mass is 16.2. The quantitative estimate of drug-likeness (QED) is 0.905. The van der Waals surface area contributed by atoms with Gasteiger partial charge < -0.3 is 9.88 Å². The van der Waals surface area contributed by atoms with Gasteiger partial charge in [0.25, 0.3) is 5.91 Å². The first-order valence-electron chi connectivity index (χ1n) is 7.64. The van der Waals surface area contributed by atoms with E-state index in [4.69, 9.17) is 0 Å². The number of aromatic nitrogens is 1. The van der Waals surface area contributed by atoms with Gasteiger partial charge in [-0.15, -0.1) is 0 Å². The van der Waals surface area contributed by atoms with Crippen LogP contribution in [-0.4, -0.2) is 16.5 Å². The molecule has 0 spiro atoms. The molecular formula is C18H22N2O. The third kappa shape index (κ3) is 3.02. The third-order valence-electron chi connectivity index (χ3n) is 3.94. The number of hydrogen-bond donors (Lipinski definition) is 1. The van der Waals surface area contributed by atoms with Crippen LogP contribution < -0.4 is 5.32 Å². The number of benzene rings is 1. The minimum absolute atomic E-state index is 0.0459. The summed E-state index contributed by atoms with van der Waals surface area (Å²) in [6.45, 7) is 6.29. The highest BCUT2D eigenvalue weighted by Gasteiger charge is 2.25. The van der Waals surface area contributed by atoms with Gasteiger partial charge in [-0.2, -0.15) is 0 Å². The van der Waals surface area contributed by atoms with Gasteiger partial charge in [0.1, 0.15) is 5.69 Å². The molecule has 1 amide bonds. The number of aryl methyl sites for hydroxylation is 1. The molecular weight excluding hydrogens is 260 g/mol. The van der Waals surface area contributed by atoms with Gasteiger partial charge >= 0.3 is 0 Å². The van der Waals surface area contributed by atoms with Crippen molar-refractivity contribution >= 4 is 5.91 Å². The van der Waals surface area contributed by atoms with E-state index in [9.17, 15) is 4.79 Å². The van der Waals surface area contributed by atoms with Gasteiger partial charge in [0.15, 0.2) is 0 Å². The molecule has 3 rings (SSSR count). The molecule has 3 nitrogen and oxygen atoms in total. The highest BCUT2D eigenvalue weighted by Crippen LogP contribution is 2.26. The molecule has 0 unspecified atom stereocenters. The zero-order valence-corrected chi connectivity index (χ0v) is 12.9. The Hall–Kier alpha value is -2.03. The minimum Gasteiger partial charge on any atom is -0.348 e. The molecule has 1 fully saturated rings. The van der Waals surface area contributed by atoms with E-state index in [-0.39, 0.29) is 11.9 Å². The second kappa shape index (κ2) is 5.40. The average Bonchev–Trinajstić information content (AvgIpc) is 3.14. The van der Waals surface area contributed by atoms with E-state index in [0.29, 0.717) is 6.04 Å². The van der Waals surface area contributed by atoms with Crippen molar-refractivity contribution in [2.24, 2.45) is 0 Å². The Morgan fingerprint density at radius 1 is 1.19 bits per heavy atom. The van der Waals surface area contributed by atoms with Gasteiger partial charge in [-0.3, -0.25) is 4.79 Å². The molecule has 0 atom stereocenters. The lowest BCUT2D eigenvalue weighted by Crippen LogP contribution is -2.27. The van der Waals surface area contributed by atoms with Crippen molar-refractivity contribution < 1.29 is 4.79 Å². The Kier molecular flexibility index (Phi) is 3.58. The Balaban J connectivity index is 1.95. The van der Waals surface area contributed by atoms with E-state index >= 15 is 0 Å². The van der Waals surface area contributed by atoms with Crippen LogP contribution in [0.3, 0.4) is 0 Å². The van der Waals surface area contributed by atoms with Crippen molar-refractivity contribution in [1.29, 1.82) is 0 Å². The number of rotatable bonds is 4. The zero-order valence-electron chi connectivity index (χ0n) is 12.9. The molecule has 1 saturated carbocycles. The summed E-state index contributed by atoms with van der Waals surface area (Å²) in [6, 6.07) is 11.1. The first-order valence-corrected chi connectivity index (χ1v) is 7.64. The summed E-state index contributed by atoms with van der Waals surface area (Å²) in [5, 5.41) is 3.08. The van der Waals surface area contributed by atoms with Gasteiger partial charge in [0, 0.05) is 23.8 Å². The first-order chi connectivity index (χ1) is 10.0. The van der Waals surface area contributed by atoms with Crippen LogP contribution in [0.2, 0.25) is 0 Å². The van der Waals surface area contributed by atoms with Crippen LogP contribution in [0, 0.1) is 6.92 Å². The third-order valence-corrected chi connectivity index (χ3v) is 3.94. The summed E-state index contributed by atoms with van der Waals surface area (Å²) in [5.41, 5.74) is 4.26. The van der Waals surface area contributed by atoms with E-state index in [1.54, 1.807) is 0 Å². The molecule has 1 N–H and O–H groups in total. The van der Waals surface area contributed by atoms with Gasteiger partial charge in [-0.1, -0.05) is 29.8 Å². The van der Waals surface area contributed by atoms with Crippen LogP contribution in [0.1, 0.15) is 48.8 Å². The second-order valence-electron chi connectivity index (χ2n) is 6.23. The fourth-order valence-corrected chi connectivity index (χ4v) is 2.48. The van der Waals surface area contributed by atoms with Crippen molar-refractivity contribution in [2.45, 2.75) is 45.7 Å². The minimum atomic E-state index is 0.0459. The molecule has 0 saturated heterocycles. The normalized spacial score (nSPS) is 14.5. The molecule has 1 aromatic heterocycles. The Morgan fingerprint density at radius 3 is 2.43 bits per heavy atom. The Labute approximate surface area is 126 Å². The van der Waals surface area contributed by atoms with Crippen LogP contribution in [-0.2, 0) is 0 Å². The molecule has 0 aliphatic heterocycles. The number of nitrogens with zero attached hydrogens (tertiary/aromatic N) is 1. The average molecular weight is 282 g/mol. The van der Waals surface area contributed by atoms with Crippen molar-refractivity contribution in [1.82, 2.24) is 9.88 Å². The van der Waals surface area contributed by atoms with Gasteiger partial charge in [-0.05, 0) is 45.2 Å². The summed E-state index contributed by atoms with van der Waals surface area (Å²) >= 11 is 0. The maximum Gasteiger partial charge on any atom is 0.268 e. The molecule has 110 valence electrons. The standard InChI is InChI=1S/C18H22N2O/c1-12(2)20-11-15(14-6-4-13(3)5-7-14)10-17(20)18(21)19-16-8-9-16/h4-7,10-12,16H,8-9H2,1-3H3,(H,19,21). The molecule has 0 radical (unpaired) electrons. The van der Waals surface area contributed by atoms with Crippen LogP contribution in [0.25, 0.3) is 11.1 Å². The number of hydrogen-bond acceptors (Lipinski definition) is 1. The smallest absolute Gasteiger partial charge is 0.268 e. The summed E-state index contributed by atoms with van der Waals surface area (Å²) in [7, 11) is 0. The van der Waals surface area contributed by atoms with Crippen molar-refractivity contribution in [3.8, 4) is 11.1 Å². The SMILES string of the molecule is Cc1ccc(-c2cc(C(=O)NC3CC3)n(C(C)C)c2)cc1. The van der Waals surface area contributed by atoms with E-state index in [2.05, 4.69) is 61.1 Å². The van der Waals surface area contributed by atoms with Gasteiger partial charge in [0.05, 0.1) is 0 Å². The summed E-state index contributed by atoms with van der Waals surface area (Å²) in [4.78, 5) is 12.4. The zero-order chi connectivity index (χ0) is 15.0. The van der Waals surface area contributed by atoms with E-state index in [0.717, 1.165) is 29.7 Å². The Morgan fingerprint density at radius 2 is 1.86 bits per heavy atom. The number of nitrogens with one attached hydrogen (secondary N) is 1. The number of carbonyl (C=O) groups excluding carboxylic acids is 1. The second-order valence-corrected chi connectivity index (χ2v) is 6.23. The lowest BCUT2D eigenvalue weighted by molar-refractivity contribution is 0.0940. The maximum absolute atomic E-state index is 12.4. The molecule has 1 aliphatic carbocycles. The summed E-state index contributed by atoms with van der Waals surface area (Å²) in [6.07, 6.45) is 4.30. The van der Waals surface area contributed by atoms with E-state index < -0.39 is 0 Å². The maximum atomic E-state index is 12.4. The van der Waals surface area contributed by atoms with Crippen molar-refractivity contribution in [3.63, 3.8) is 0 Å². The van der Waals surface area contributed by atoms with Gasteiger partial charge in [-0.25, -0.2) is 0 Å². The predicted octanol–water partition coefficient (Wildman–Crippen LogP) is 3.94. The fraction of sp³-hybridized carbons (Fsp3) is 0.389. The van der Waals surface area contributed by atoms with Crippen LogP contribution in [0.5, 0.6) is 0 Å². The lowest BCUT2D eigenvalue weighted by atomic mass is 10.1. The number of amides is 1. The first kappa shape index (κ1) is 13.9. The molecule has 1 heterocycles. The molecule has 1 aliphatic rings. The van der Waals surface area contributed by atoms with Crippen LogP contribution in [0.4, 0.5) is 0 Å². The van der Waals surface area contributed by atoms with Crippen LogP contribution in [0.15, 0.2) is 36.5 Å².